The second kappa shape index (κ2) is 6.49. The lowest BCUT2D eigenvalue weighted by Gasteiger charge is -2.21. The van der Waals surface area contributed by atoms with Crippen LogP contribution in [0.1, 0.15) is 6.42 Å². The Morgan fingerprint density at radius 3 is 2.88 bits per heavy atom. The first-order chi connectivity index (χ1) is 12.2. The van der Waals surface area contributed by atoms with E-state index in [2.05, 4.69) is 15.4 Å². The number of aromatic nitrogens is 1. The molecule has 3 aromatic rings. The molecule has 1 atom stereocenters. The smallest absolute Gasteiger partial charge is 0.214 e. The van der Waals surface area contributed by atoms with E-state index < -0.39 is 0 Å². The van der Waals surface area contributed by atoms with Gasteiger partial charge in [-0.1, -0.05) is 12.1 Å². The van der Waals surface area contributed by atoms with Gasteiger partial charge in [0.05, 0.1) is 23.4 Å². The van der Waals surface area contributed by atoms with Crippen LogP contribution in [0.3, 0.4) is 0 Å². The van der Waals surface area contributed by atoms with Crippen molar-refractivity contribution in [3.05, 3.63) is 54.6 Å². The van der Waals surface area contributed by atoms with Crippen LogP contribution in [0, 0.1) is 0 Å². The van der Waals surface area contributed by atoms with Crippen LogP contribution in [-0.2, 0) is 0 Å². The topological polar surface area (TPSA) is 77.9 Å². The van der Waals surface area contributed by atoms with E-state index in [1.54, 1.807) is 18.2 Å². The van der Waals surface area contributed by atoms with Gasteiger partial charge in [-0.05, 0) is 36.4 Å². The maximum absolute atomic E-state index is 9.52. The van der Waals surface area contributed by atoms with E-state index in [0.717, 1.165) is 36.1 Å². The van der Waals surface area contributed by atoms with Crippen molar-refractivity contribution in [3.63, 3.8) is 0 Å². The Bertz CT molecular complexity index is 900. The summed E-state index contributed by atoms with van der Waals surface area (Å²) in [4.78, 5) is 6.69. The highest BCUT2D eigenvalue weighted by molar-refractivity contribution is 5.80. The van der Waals surface area contributed by atoms with Gasteiger partial charge < -0.3 is 14.7 Å². The normalized spacial score (nSPS) is 17.0. The van der Waals surface area contributed by atoms with Crippen molar-refractivity contribution in [1.29, 1.82) is 0 Å². The Balaban J connectivity index is 1.48. The van der Waals surface area contributed by atoms with Crippen LogP contribution in [0.4, 0.5) is 11.4 Å². The fourth-order valence-corrected chi connectivity index (χ4v) is 3.22. The van der Waals surface area contributed by atoms with Gasteiger partial charge in [0.25, 0.3) is 0 Å². The summed E-state index contributed by atoms with van der Waals surface area (Å²) in [5, 5.41) is 19.7. The van der Waals surface area contributed by atoms with E-state index in [0.29, 0.717) is 11.6 Å². The van der Waals surface area contributed by atoms with Crippen LogP contribution < -0.4 is 15.1 Å². The number of aromatic hydroxyl groups is 1. The maximum atomic E-state index is 9.52. The number of fused-ring (bicyclic) bond motifs is 1. The van der Waals surface area contributed by atoms with Crippen molar-refractivity contribution in [2.75, 3.05) is 23.5 Å². The molecule has 3 N–H and O–H groups in total. The quantitative estimate of drug-likeness (QED) is 0.633. The molecule has 1 aromatic heterocycles. The van der Waals surface area contributed by atoms with Crippen LogP contribution in [0.2, 0.25) is 0 Å². The number of hydrogen-bond acceptors (Lipinski definition) is 6. The lowest BCUT2D eigenvalue weighted by molar-refractivity contribution is 0.216. The minimum Gasteiger partial charge on any atom is -0.508 e. The molecule has 2 heterocycles. The molecule has 0 amide bonds. The number of pyridine rings is 1. The van der Waals surface area contributed by atoms with Gasteiger partial charge >= 0.3 is 0 Å². The van der Waals surface area contributed by atoms with E-state index >= 15 is 0 Å². The van der Waals surface area contributed by atoms with Gasteiger partial charge in [0.1, 0.15) is 11.9 Å². The van der Waals surface area contributed by atoms with Gasteiger partial charge in [0, 0.05) is 24.4 Å². The molecule has 0 spiro atoms. The first-order valence-corrected chi connectivity index (χ1v) is 8.23. The molecule has 4 rings (SSSR count). The molecule has 0 saturated carbocycles. The molecule has 1 aliphatic heterocycles. The summed E-state index contributed by atoms with van der Waals surface area (Å²) < 4.78 is 6.04. The Morgan fingerprint density at radius 2 is 2.00 bits per heavy atom. The van der Waals surface area contributed by atoms with Gasteiger partial charge in [0.15, 0.2) is 0 Å². The summed E-state index contributed by atoms with van der Waals surface area (Å²) in [5.41, 5.74) is 4.68. The molecule has 0 aliphatic carbocycles. The number of anilines is 2. The Kier molecular flexibility index (Phi) is 4.03. The molecule has 1 fully saturated rings. The molecule has 128 valence electrons. The molecule has 6 nitrogen and oxygen atoms in total. The first kappa shape index (κ1) is 15.5. The summed E-state index contributed by atoms with van der Waals surface area (Å²) in [6.07, 6.45) is 0.920. The highest BCUT2D eigenvalue weighted by Gasteiger charge is 2.26. The number of hydrogen-bond donors (Lipinski definition) is 3. The van der Waals surface area contributed by atoms with Crippen LogP contribution in [0.25, 0.3) is 10.9 Å². The Morgan fingerprint density at radius 1 is 1.12 bits per heavy atom. The largest absolute Gasteiger partial charge is 0.508 e. The average molecular weight is 337 g/mol. The monoisotopic (exact) mass is 337 g/mol. The van der Waals surface area contributed by atoms with Crippen molar-refractivity contribution in [1.82, 2.24) is 4.98 Å². The number of phenols is 1. The summed E-state index contributed by atoms with van der Waals surface area (Å²) >= 11 is 0. The van der Waals surface area contributed by atoms with Crippen molar-refractivity contribution in [2.45, 2.75) is 12.5 Å². The van der Waals surface area contributed by atoms with E-state index in [1.165, 1.54) is 0 Å². The van der Waals surface area contributed by atoms with Crippen LogP contribution >= 0.6 is 0 Å². The lowest BCUT2D eigenvalue weighted by atomic mass is 10.2. The van der Waals surface area contributed by atoms with Crippen molar-refractivity contribution >= 4 is 22.3 Å². The zero-order valence-electron chi connectivity index (χ0n) is 13.6. The number of para-hydroxylation sites is 2. The summed E-state index contributed by atoms with van der Waals surface area (Å²) in [5.74, 6) is 0.809. The van der Waals surface area contributed by atoms with Crippen LogP contribution in [-0.4, -0.2) is 34.5 Å². The number of nitrogens with zero attached hydrogens (tertiary/aromatic N) is 2. The SMILES string of the molecule is ONc1ccccc1N1CC[C@H](Oc2ccc3cc(O)ccc3n2)C1. The molecular formula is C19H19N3O3. The van der Waals surface area contributed by atoms with Gasteiger partial charge in [-0.3, -0.25) is 10.7 Å². The lowest BCUT2D eigenvalue weighted by Crippen LogP contribution is -2.25. The number of benzene rings is 2. The van der Waals surface area contributed by atoms with Gasteiger partial charge in [-0.25, -0.2) is 4.98 Å². The van der Waals surface area contributed by atoms with Crippen molar-refractivity contribution < 1.29 is 15.1 Å². The standard InChI is InChI=1S/C19H19N3O3/c23-14-6-7-16-13(11-14)5-8-19(20-16)25-15-9-10-22(12-15)18-4-2-1-3-17(18)21-24/h1-8,11,15,21,23-24H,9-10,12H2/t15-/m0/s1. The van der Waals surface area contributed by atoms with E-state index in [9.17, 15) is 10.3 Å². The van der Waals surface area contributed by atoms with Gasteiger partial charge in [-0.15, -0.1) is 0 Å². The third-order valence-corrected chi connectivity index (χ3v) is 4.44. The zero-order valence-corrected chi connectivity index (χ0v) is 13.6. The summed E-state index contributed by atoms with van der Waals surface area (Å²) in [6, 6.07) is 16.4. The van der Waals surface area contributed by atoms with Crippen LogP contribution in [0.5, 0.6) is 11.6 Å². The molecule has 0 radical (unpaired) electrons. The van der Waals surface area contributed by atoms with Gasteiger partial charge in [-0.2, -0.15) is 0 Å². The van der Waals surface area contributed by atoms with Crippen molar-refractivity contribution in [2.24, 2.45) is 0 Å². The molecule has 0 bridgehead atoms. The minimum absolute atomic E-state index is 0.0359. The number of rotatable bonds is 4. The molecule has 6 heteroatoms. The predicted octanol–water partition coefficient (Wildman–Crippen LogP) is 3.40. The second-order valence-corrected chi connectivity index (χ2v) is 6.13. The third-order valence-electron chi connectivity index (χ3n) is 4.44. The highest BCUT2D eigenvalue weighted by atomic mass is 16.5. The van der Waals surface area contributed by atoms with Crippen LogP contribution in [0.15, 0.2) is 54.6 Å². The number of phenolic OH excluding ortho intramolecular Hbond substituents is 1. The van der Waals surface area contributed by atoms with E-state index in [-0.39, 0.29) is 11.9 Å². The Labute approximate surface area is 145 Å². The fraction of sp³-hybridized carbons (Fsp3) is 0.211. The number of ether oxygens (including phenoxy) is 1. The average Bonchev–Trinajstić information content (AvgIpc) is 3.10. The minimum atomic E-state index is 0.0359. The summed E-state index contributed by atoms with van der Waals surface area (Å²) in [7, 11) is 0. The predicted molar refractivity (Wildman–Crippen MR) is 96.5 cm³/mol. The molecule has 2 aromatic carbocycles. The number of nitrogens with one attached hydrogen (secondary N) is 1. The maximum Gasteiger partial charge on any atom is 0.214 e. The molecular weight excluding hydrogens is 318 g/mol. The molecule has 1 aliphatic rings. The Hall–Kier alpha value is -2.99. The third kappa shape index (κ3) is 3.16. The van der Waals surface area contributed by atoms with Gasteiger partial charge in [0.2, 0.25) is 5.88 Å². The van der Waals surface area contributed by atoms with Crippen molar-refractivity contribution in [3.8, 4) is 11.6 Å². The highest BCUT2D eigenvalue weighted by Crippen LogP contribution is 2.30. The molecule has 0 unspecified atom stereocenters. The fourth-order valence-electron chi connectivity index (χ4n) is 3.22. The first-order valence-electron chi connectivity index (χ1n) is 8.23. The zero-order chi connectivity index (χ0) is 17.2. The van der Waals surface area contributed by atoms with E-state index in [1.807, 2.05) is 36.4 Å². The summed E-state index contributed by atoms with van der Waals surface area (Å²) in [6.45, 7) is 1.58. The van der Waals surface area contributed by atoms with E-state index in [4.69, 9.17) is 4.74 Å². The second-order valence-electron chi connectivity index (χ2n) is 6.13. The molecule has 25 heavy (non-hydrogen) atoms. The molecule has 1 saturated heterocycles.